The number of nitrogens with two attached hydrogens (primary N) is 1. The van der Waals surface area contributed by atoms with Gasteiger partial charge in [-0.15, -0.1) is 0 Å². The minimum Gasteiger partial charge on any atom is -0.393 e. The Morgan fingerprint density at radius 1 is 1.12 bits per heavy atom. The van der Waals surface area contributed by atoms with E-state index in [4.69, 9.17) is 28.9 Å². The molecular weight excluding hydrogens is 265 g/mol. The third-order valence-electron chi connectivity index (χ3n) is 2.17. The molecule has 0 spiro atoms. The van der Waals surface area contributed by atoms with Gasteiger partial charge in [-0.2, -0.15) is 0 Å². The van der Waals surface area contributed by atoms with Crippen LogP contribution in [0.25, 0.3) is 5.69 Å². The van der Waals surface area contributed by atoms with E-state index in [9.17, 15) is 9.59 Å². The fourth-order valence-corrected chi connectivity index (χ4v) is 1.59. The van der Waals surface area contributed by atoms with Crippen LogP contribution in [0.4, 0.5) is 5.69 Å². The fraction of sp³-hybridized carbons (Fsp3) is 0. The van der Waals surface area contributed by atoms with Gasteiger partial charge < -0.3 is 5.73 Å². The Kier molecular flexibility index (Phi) is 2.95. The number of H-pyrrole nitrogens is 1. The summed E-state index contributed by atoms with van der Waals surface area (Å²) in [6, 6.07) is 6.33. The van der Waals surface area contributed by atoms with Gasteiger partial charge in [0.05, 0.1) is 5.69 Å². The third kappa shape index (κ3) is 2.07. The fourth-order valence-electron chi connectivity index (χ4n) is 1.30. The van der Waals surface area contributed by atoms with Crippen LogP contribution in [0, 0.1) is 0 Å². The van der Waals surface area contributed by atoms with Crippen LogP contribution < -0.4 is 16.9 Å². The van der Waals surface area contributed by atoms with E-state index in [1.807, 2.05) is 0 Å². The van der Waals surface area contributed by atoms with E-state index in [2.05, 4.69) is 5.10 Å². The molecule has 1 aromatic carbocycles. The van der Waals surface area contributed by atoms with Crippen LogP contribution in [-0.4, -0.2) is 9.78 Å². The SMILES string of the molecule is Nc1c(Cl)c(=O)n(-c2ccc(Cl)cc2)[nH]c1=O. The van der Waals surface area contributed by atoms with E-state index in [1.54, 1.807) is 24.3 Å². The van der Waals surface area contributed by atoms with Crippen LogP contribution in [0.3, 0.4) is 0 Å². The molecule has 1 heterocycles. The molecule has 0 amide bonds. The number of nitrogens with one attached hydrogen (secondary N) is 1. The molecule has 0 aliphatic carbocycles. The number of nitrogens with zero attached hydrogens (tertiary/aromatic N) is 1. The maximum Gasteiger partial charge on any atom is 0.290 e. The Balaban J connectivity index is 2.73. The quantitative estimate of drug-likeness (QED) is 0.823. The van der Waals surface area contributed by atoms with Crippen LogP contribution in [0.5, 0.6) is 0 Å². The summed E-state index contributed by atoms with van der Waals surface area (Å²) < 4.78 is 1.01. The molecule has 3 N–H and O–H groups in total. The number of halogens is 2. The van der Waals surface area contributed by atoms with E-state index in [-0.39, 0.29) is 10.7 Å². The van der Waals surface area contributed by atoms with E-state index >= 15 is 0 Å². The average molecular weight is 272 g/mol. The second-order valence-electron chi connectivity index (χ2n) is 3.29. The summed E-state index contributed by atoms with van der Waals surface area (Å²) in [5, 5.41) is 2.53. The number of aromatic nitrogens is 2. The van der Waals surface area contributed by atoms with Gasteiger partial charge in [-0.3, -0.25) is 14.7 Å². The van der Waals surface area contributed by atoms with Gasteiger partial charge in [0.2, 0.25) is 0 Å². The number of nitrogen functional groups attached to an aromatic ring is 1. The molecule has 1 aromatic heterocycles. The zero-order chi connectivity index (χ0) is 12.6. The van der Waals surface area contributed by atoms with Gasteiger partial charge in [-0.25, -0.2) is 4.68 Å². The predicted molar refractivity (Wildman–Crippen MR) is 67.1 cm³/mol. The molecular formula is C10H7Cl2N3O2. The molecule has 0 aliphatic rings. The summed E-state index contributed by atoms with van der Waals surface area (Å²) in [7, 11) is 0. The molecule has 0 radical (unpaired) electrons. The smallest absolute Gasteiger partial charge is 0.290 e. The maximum absolute atomic E-state index is 11.8. The molecule has 2 aromatic rings. The molecule has 0 atom stereocenters. The first-order valence-electron chi connectivity index (χ1n) is 4.57. The summed E-state index contributed by atoms with van der Waals surface area (Å²) >= 11 is 11.4. The van der Waals surface area contributed by atoms with Crippen molar-refractivity contribution in [3.05, 3.63) is 55.0 Å². The lowest BCUT2D eigenvalue weighted by molar-refractivity contribution is 0.789. The second kappa shape index (κ2) is 4.27. The number of aromatic amines is 1. The molecule has 0 unspecified atom stereocenters. The Bertz CT molecular complexity index is 673. The first-order valence-corrected chi connectivity index (χ1v) is 5.32. The van der Waals surface area contributed by atoms with E-state index in [0.29, 0.717) is 10.7 Å². The van der Waals surface area contributed by atoms with Crippen molar-refractivity contribution in [2.24, 2.45) is 0 Å². The normalized spacial score (nSPS) is 10.5. The zero-order valence-corrected chi connectivity index (χ0v) is 9.92. The van der Waals surface area contributed by atoms with Crippen molar-refractivity contribution in [2.45, 2.75) is 0 Å². The molecule has 0 saturated heterocycles. The number of benzene rings is 1. The first-order chi connectivity index (χ1) is 8.00. The van der Waals surface area contributed by atoms with Gasteiger partial charge in [0.15, 0.2) is 0 Å². The minimum absolute atomic E-state index is 0.290. The highest BCUT2D eigenvalue weighted by molar-refractivity contribution is 6.32. The molecule has 17 heavy (non-hydrogen) atoms. The Hall–Kier alpha value is -1.72. The van der Waals surface area contributed by atoms with Crippen molar-refractivity contribution in [2.75, 3.05) is 5.73 Å². The van der Waals surface area contributed by atoms with Crippen LogP contribution in [0.15, 0.2) is 33.9 Å². The summed E-state index contributed by atoms with van der Waals surface area (Å²) in [5.41, 5.74) is 4.28. The average Bonchev–Trinajstić information content (AvgIpc) is 2.32. The highest BCUT2D eigenvalue weighted by atomic mass is 35.5. The highest BCUT2D eigenvalue weighted by Gasteiger charge is 2.10. The lowest BCUT2D eigenvalue weighted by Gasteiger charge is -2.06. The number of hydrogen-bond donors (Lipinski definition) is 2. The van der Waals surface area contributed by atoms with Crippen molar-refractivity contribution in [1.29, 1.82) is 0 Å². The minimum atomic E-state index is -0.621. The van der Waals surface area contributed by atoms with Gasteiger partial charge in [0.1, 0.15) is 10.7 Å². The van der Waals surface area contributed by atoms with E-state index in [1.165, 1.54) is 0 Å². The molecule has 0 bridgehead atoms. The maximum atomic E-state index is 11.8. The van der Waals surface area contributed by atoms with Crippen LogP contribution in [0.2, 0.25) is 10.0 Å². The lowest BCUT2D eigenvalue weighted by Crippen LogP contribution is -2.30. The Morgan fingerprint density at radius 2 is 1.71 bits per heavy atom. The van der Waals surface area contributed by atoms with Gasteiger partial charge in [-0.05, 0) is 24.3 Å². The largest absolute Gasteiger partial charge is 0.393 e. The van der Waals surface area contributed by atoms with Gasteiger partial charge in [-0.1, -0.05) is 23.2 Å². The van der Waals surface area contributed by atoms with E-state index in [0.717, 1.165) is 4.68 Å². The number of rotatable bonds is 1. The standard InChI is InChI=1S/C10H7Cl2N3O2/c11-5-1-3-6(4-2-5)15-10(17)7(12)8(13)9(16)14-15/h1-4H,13H2,(H,14,16). The van der Waals surface area contributed by atoms with Crippen molar-refractivity contribution in [3.63, 3.8) is 0 Å². The molecule has 0 fully saturated rings. The molecule has 0 aliphatic heterocycles. The summed E-state index contributed by atoms with van der Waals surface area (Å²) in [4.78, 5) is 23.2. The molecule has 0 saturated carbocycles. The number of anilines is 1. The number of hydrogen-bond acceptors (Lipinski definition) is 3. The van der Waals surface area contributed by atoms with Crippen molar-refractivity contribution < 1.29 is 0 Å². The zero-order valence-electron chi connectivity index (χ0n) is 8.41. The molecule has 88 valence electrons. The molecule has 5 nitrogen and oxygen atoms in total. The van der Waals surface area contributed by atoms with Gasteiger partial charge in [0, 0.05) is 5.02 Å². The lowest BCUT2D eigenvalue weighted by atomic mass is 10.3. The predicted octanol–water partition coefficient (Wildman–Crippen LogP) is 1.41. The van der Waals surface area contributed by atoms with Gasteiger partial charge >= 0.3 is 0 Å². The highest BCUT2D eigenvalue weighted by Crippen LogP contribution is 2.12. The van der Waals surface area contributed by atoms with E-state index < -0.39 is 11.1 Å². The van der Waals surface area contributed by atoms with Crippen molar-refractivity contribution >= 4 is 28.9 Å². The monoisotopic (exact) mass is 271 g/mol. The second-order valence-corrected chi connectivity index (χ2v) is 4.10. The Labute approximate surface area is 105 Å². The van der Waals surface area contributed by atoms with Crippen LogP contribution >= 0.6 is 23.2 Å². The third-order valence-corrected chi connectivity index (χ3v) is 2.79. The van der Waals surface area contributed by atoms with Crippen LogP contribution in [0.1, 0.15) is 0 Å². The summed E-state index contributed by atoms with van der Waals surface area (Å²) in [6.07, 6.45) is 0. The van der Waals surface area contributed by atoms with Crippen LogP contribution in [-0.2, 0) is 0 Å². The molecule has 2 rings (SSSR count). The van der Waals surface area contributed by atoms with Crippen molar-refractivity contribution in [3.8, 4) is 5.69 Å². The summed E-state index contributed by atoms with van der Waals surface area (Å²) in [6.45, 7) is 0. The molecule has 7 heteroatoms. The van der Waals surface area contributed by atoms with Gasteiger partial charge in [0.25, 0.3) is 11.1 Å². The summed E-state index contributed by atoms with van der Waals surface area (Å²) in [5.74, 6) is 0. The topological polar surface area (TPSA) is 80.9 Å². The Morgan fingerprint density at radius 3 is 2.29 bits per heavy atom. The first kappa shape index (κ1) is 11.8. The van der Waals surface area contributed by atoms with Crippen molar-refractivity contribution in [1.82, 2.24) is 9.78 Å².